The monoisotopic (exact) mass is 543 g/mol. The third kappa shape index (κ3) is 6.53. The van der Waals surface area contributed by atoms with Crippen molar-refractivity contribution in [2.45, 2.75) is 32.1 Å². The van der Waals surface area contributed by atoms with Gasteiger partial charge in [0.2, 0.25) is 0 Å². The Morgan fingerprint density at radius 3 is 2.50 bits per heavy atom. The molecule has 2 aliphatic heterocycles. The summed E-state index contributed by atoms with van der Waals surface area (Å²) in [7, 11) is 0. The van der Waals surface area contributed by atoms with Gasteiger partial charge in [0.15, 0.2) is 11.1 Å². The first-order chi connectivity index (χ1) is 14.3. The van der Waals surface area contributed by atoms with Gasteiger partial charge in [0, 0.05) is 51.0 Å². The fraction of sp³-hybridized carbons (Fsp3) is 0.524. The van der Waals surface area contributed by atoms with Gasteiger partial charge < -0.3 is 25.0 Å². The molecule has 0 bridgehead atoms. The molecule has 2 saturated heterocycles. The Balaban J connectivity index is 0.00000256. The maximum Gasteiger partial charge on any atom is 0.191 e. The Labute approximate surface area is 199 Å². The van der Waals surface area contributed by atoms with Crippen LogP contribution in [0, 0.1) is 0 Å². The van der Waals surface area contributed by atoms with Crippen molar-refractivity contribution in [3.05, 3.63) is 47.0 Å². The molecule has 1 aromatic heterocycles. The van der Waals surface area contributed by atoms with Crippen molar-refractivity contribution in [3.8, 4) is 0 Å². The average Bonchev–Trinajstić information content (AvgIpc) is 3.33. The van der Waals surface area contributed by atoms with Crippen LogP contribution in [0.1, 0.15) is 24.0 Å². The zero-order chi connectivity index (χ0) is 19.9. The smallest absolute Gasteiger partial charge is 0.191 e. The molecule has 7 nitrogen and oxygen atoms in total. The molecule has 0 spiro atoms. The van der Waals surface area contributed by atoms with E-state index in [9.17, 15) is 0 Å². The van der Waals surface area contributed by atoms with E-state index < -0.39 is 0 Å². The highest BCUT2D eigenvalue weighted by Crippen LogP contribution is 2.19. The molecular formula is C21H30IN5O2S. The molecule has 1 aromatic carbocycles. The van der Waals surface area contributed by atoms with Crippen LogP contribution in [0.25, 0.3) is 0 Å². The standard InChI is InChI=1S/C21H29N5O2S.HI/c22-20(25-8-10-26(11-9-25)21-23-7-14-29-21)24-15-17-1-3-18(4-2-17)16-28-19-5-12-27-13-6-19;/h1-4,7,14,19H,5-6,8-13,15-16H2,(H2,22,24);1H. The second-order valence-corrected chi connectivity index (χ2v) is 8.28. The summed E-state index contributed by atoms with van der Waals surface area (Å²) in [6, 6.07) is 8.46. The number of piperazine rings is 1. The van der Waals surface area contributed by atoms with Crippen molar-refractivity contribution in [2.24, 2.45) is 10.7 Å². The van der Waals surface area contributed by atoms with Crippen LogP contribution in [0.4, 0.5) is 5.13 Å². The van der Waals surface area contributed by atoms with Crippen LogP contribution in [0.5, 0.6) is 0 Å². The van der Waals surface area contributed by atoms with Crippen molar-refractivity contribution < 1.29 is 9.47 Å². The Morgan fingerprint density at radius 2 is 1.83 bits per heavy atom. The molecule has 2 N–H and O–H groups in total. The topological polar surface area (TPSA) is 76.2 Å². The number of aliphatic imine (C=N–C) groups is 1. The highest BCUT2D eigenvalue weighted by Gasteiger charge is 2.19. The van der Waals surface area contributed by atoms with Gasteiger partial charge in [-0.25, -0.2) is 9.98 Å². The van der Waals surface area contributed by atoms with Gasteiger partial charge in [0.25, 0.3) is 0 Å². The number of anilines is 1. The lowest BCUT2D eigenvalue weighted by Gasteiger charge is -2.35. The van der Waals surface area contributed by atoms with Crippen LogP contribution >= 0.6 is 35.3 Å². The Bertz CT molecular complexity index is 773. The molecule has 0 amide bonds. The van der Waals surface area contributed by atoms with E-state index in [1.807, 2.05) is 11.6 Å². The van der Waals surface area contributed by atoms with Crippen molar-refractivity contribution in [2.75, 3.05) is 44.3 Å². The van der Waals surface area contributed by atoms with E-state index in [1.54, 1.807) is 11.3 Å². The number of hydrogen-bond donors (Lipinski definition) is 1. The molecule has 0 atom stereocenters. The molecule has 3 heterocycles. The Hall–Kier alpha value is -1.43. The van der Waals surface area contributed by atoms with Crippen LogP contribution in [0.2, 0.25) is 0 Å². The predicted molar refractivity (Wildman–Crippen MR) is 132 cm³/mol. The second kappa shape index (κ2) is 11.8. The Kier molecular flexibility index (Phi) is 9.16. The number of nitrogens with zero attached hydrogens (tertiary/aromatic N) is 4. The molecule has 164 valence electrons. The fourth-order valence-corrected chi connectivity index (χ4v) is 4.27. The summed E-state index contributed by atoms with van der Waals surface area (Å²) in [4.78, 5) is 13.4. The average molecular weight is 543 g/mol. The molecule has 4 rings (SSSR count). The van der Waals surface area contributed by atoms with Gasteiger partial charge in [0.05, 0.1) is 19.3 Å². The zero-order valence-electron chi connectivity index (χ0n) is 17.1. The molecule has 2 fully saturated rings. The van der Waals surface area contributed by atoms with Crippen LogP contribution in [0.15, 0.2) is 40.8 Å². The lowest BCUT2D eigenvalue weighted by atomic mass is 10.1. The Morgan fingerprint density at radius 1 is 1.13 bits per heavy atom. The predicted octanol–water partition coefficient (Wildman–Crippen LogP) is 3.09. The lowest BCUT2D eigenvalue weighted by Crippen LogP contribution is -2.51. The third-order valence-corrected chi connectivity index (χ3v) is 6.23. The number of benzene rings is 1. The quantitative estimate of drug-likeness (QED) is 0.343. The van der Waals surface area contributed by atoms with Crippen LogP contribution < -0.4 is 10.6 Å². The van der Waals surface area contributed by atoms with Gasteiger partial charge in [-0.2, -0.15) is 0 Å². The lowest BCUT2D eigenvalue weighted by molar-refractivity contribution is -0.0390. The molecule has 0 radical (unpaired) electrons. The first kappa shape index (κ1) is 23.2. The minimum absolute atomic E-state index is 0. The van der Waals surface area contributed by atoms with Crippen LogP contribution in [-0.2, 0) is 22.6 Å². The first-order valence-corrected chi connectivity index (χ1v) is 11.1. The molecule has 2 aliphatic rings. The SMILES string of the molecule is I.NC(=NCc1ccc(COC2CCOCC2)cc1)N1CCN(c2nccs2)CC1. The van der Waals surface area contributed by atoms with E-state index in [4.69, 9.17) is 15.2 Å². The maximum absolute atomic E-state index is 6.23. The number of hydrogen-bond acceptors (Lipinski definition) is 6. The van der Waals surface area contributed by atoms with E-state index in [0.29, 0.717) is 25.2 Å². The first-order valence-electron chi connectivity index (χ1n) is 10.2. The van der Waals surface area contributed by atoms with Crippen molar-refractivity contribution in [1.29, 1.82) is 0 Å². The van der Waals surface area contributed by atoms with Crippen LogP contribution in [-0.4, -0.2) is 61.3 Å². The molecule has 0 aliphatic carbocycles. The van der Waals surface area contributed by atoms with Gasteiger partial charge in [-0.05, 0) is 24.0 Å². The van der Waals surface area contributed by atoms with Gasteiger partial charge in [-0.15, -0.1) is 35.3 Å². The van der Waals surface area contributed by atoms with Crippen molar-refractivity contribution in [1.82, 2.24) is 9.88 Å². The number of thiazole rings is 1. The van der Waals surface area contributed by atoms with Gasteiger partial charge in [-0.1, -0.05) is 24.3 Å². The molecule has 2 aromatic rings. The number of ether oxygens (including phenoxy) is 2. The summed E-state index contributed by atoms with van der Waals surface area (Å²) in [6.07, 6.45) is 4.16. The largest absolute Gasteiger partial charge is 0.381 e. The zero-order valence-corrected chi connectivity index (χ0v) is 20.3. The van der Waals surface area contributed by atoms with Crippen molar-refractivity contribution >= 4 is 46.4 Å². The van der Waals surface area contributed by atoms with Crippen LogP contribution in [0.3, 0.4) is 0 Å². The second-order valence-electron chi connectivity index (χ2n) is 7.40. The summed E-state index contributed by atoms with van der Waals surface area (Å²) in [5.41, 5.74) is 8.58. The summed E-state index contributed by atoms with van der Waals surface area (Å²) < 4.78 is 11.3. The highest BCUT2D eigenvalue weighted by atomic mass is 127. The summed E-state index contributed by atoms with van der Waals surface area (Å²) in [5, 5.41) is 3.10. The summed E-state index contributed by atoms with van der Waals surface area (Å²) in [5.74, 6) is 0.621. The molecular weight excluding hydrogens is 513 g/mol. The highest BCUT2D eigenvalue weighted by molar-refractivity contribution is 14.0. The van der Waals surface area contributed by atoms with Gasteiger partial charge in [0.1, 0.15) is 0 Å². The fourth-order valence-electron chi connectivity index (χ4n) is 3.57. The van der Waals surface area contributed by atoms with Gasteiger partial charge in [-0.3, -0.25) is 0 Å². The van der Waals surface area contributed by atoms with Gasteiger partial charge >= 0.3 is 0 Å². The maximum atomic E-state index is 6.23. The number of nitrogens with two attached hydrogens (primary N) is 1. The van der Waals surface area contributed by atoms with E-state index in [-0.39, 0.29) is 24.0 Å². The molecule has 0 saturated carbocycles. The van der Waals surface area contributed by atoms with E-state index in [1.165, 1.54) is 5.56 Å². The van der Waals surface area contributed by atoms with E-state index >= 15 is 0 Å². The minimum Gasteiger partial charge on any atom is -0.381 e. The normalized spacial score (nSPS) is 18.3. The number of halogens is 1. The van der Waals surface area contributed by atoms with E-state index in [0.717, 1.165) is 62.9 Å². The summed E-state index contributed by atoms with van der Waals surface area (Å²) in [6.45, 7) is 6.46. The number of aromatic nitrogens is 1. The van der Waals surface area contributed by atoms with Crippen molar-refractivity contribution in [3.63, 3.8) is 0 Å². The molecule has 9 heteroatoms. The molecule has 0 unspecified atom stereocenters. The number of guanidine groups is 1. The summed E-state index contributed by atoms with van der Waals surface area (Å²) >= 11 is 1.68. The molecule has 30 heavy (non-hydrogen) atoms. The van der Waals surface area contributed by atoms with E-state index in [2.05, 4.69) is 44.0 Å². The number of rotatable bonds is 6. The third-order valence-electron chi connectivity index (χ3n) is 5.39. The minimum atomic E-state index is 0.